The number of amides is 1. The fraction of sp³-hybridized carbons (Fsp3) is 0.545. The van der Waals surface area contributed by atoms with Crippen molar-refractivity contribution in [2.24, 2.45) is 5.73 Å². The van der Waals surface area contributed by atoms with Gasteiger partial charge in [0.25, 0.3) is 0 Å². The highest BCUT2D eigenvalue weighted by Gasteiger charge is 2.14. The Morgan fingerprint density at radius 1 is 1.63 bits per heavy atom. The normalized spacial score (nSPS) is 12.2. The van der Waals surface area contributed by atoms with Crippen LogP contribution in [-0.4, -0.2) is 40.3 Å². The van der Waals surface area contributed by atoms with E-state index >= 15 is 0 Å². The molecule has 1 atom stereocenters. The van der Waals surface area contributed by atoms with Crippen molar-refractivity contribution >= 4 is 40.1 Å². The second-order valence-corrected chi connectivity index (χ2v) is 5.71. The van der Waals surface area contributed by atoms with Crippen LogP contribution in [0, 0.1) is 0 Å². The van der Waals surface area contributed by atoms with Crippen LogP contribution in [-0.2, 0) is 15.3 Å². The number of thiazole rings is 1. The third kappa shape index (κ3) is 4.81. The molecule has 0 aliphatic rings. The molecule has 1 aromatic rings. The third-order valence-corrected chi connectivity index (χ3v) is 4.34. The molecule has 0 unspecified atom stereocenters. The summed E-state index contributed by atoms with van der Waals surface area (Å²) in [5, 5.41) is 11.2. The van der Waals surface area contributed by atoms with Gasteiger partial charge in [-0.15, -0.1) is 11.3 Å². The molecule has 0 bridgehead atoms. The van der Waals surface area contributed by atoms with E-state index in [9.17, 15) is 9.59 Å². The first kappa shape index (κ1) is 15.9. The molecule has 1 amide bonds. The minimum Gasteiger partial charge on any atom is -0.480 e. The molecule has 6 nitrogen and oxygen atoms in total. The Kier molecular flexibility index (Phi) is 6.26. The van der Waals surface area contributed by atoms with Crippen LogP contribution in [0.2, 0.25) is 0 Å². The van der Waals surface area contributed by atoms with Crippen molar-refractivity contribution in [2.45, 2.75) is 25.6 Å². The van der Waals surface area contributed by atoms with E-state index in [2.05, 4.69) is 4.98 Å². The van der Waals surface area contributed by atoms with Crippen molar-refractivity contribution in [3.05, 3.63) is 11.1 Å². The average molecular weight is 303 g/mol. The lowest BCUT2D eigenvalue weighted by Crippen LogP contribution is -2.32. The lowest BCUT2D eigenvalue weighted by atomic mass is 10.4. The SMILES string of the molecule is CCN(C(C)=O)c1nc(CSC[C@H](N)C(=O)O)cs1. The quantitative estimate of drug-likeness (QED) is 0.784. The van der Waals surface area contributed by atoms with Crippen molar-refractivity contribution in [3.63, 3.8) is 0 Å². The Bertz CT molecular complexity index is 450. The van der Waals surface area contributed by atoms with Crippen molar-refractivity contribution in [1.29, 1.82) is 0 Å². The molecule has 0 saturated heterocycles. The zero-order valence-electron chi connectivity index (χ0n) is 10.8. The van der Waals surface area contributed by atoms with Crippen LogP contribution in [0.1, 0.15) is 19.5 Å². The van der Waals surface area contributed by atoms with Gasteiger partial charge in [0, 0.05) is 30.4 Å². The smallest absolute Gasteiger partial charge is 0.321 e. The molecule has 0 aliphatic carbocycles. The number of carboxylic acids is 1. The Morgan fingerprint density at radius 2 is 2.32 bits per heavy atom. The van der Waals surface area contributed by atoms with Gasteiger partial charge >= 0.3 is 5.97 Å². The second kappa shape index (κ2) is 7.46. The van der Waals surface area contributed by atoms with Crippen LogP contribution in [0.15, 0.2) is 5.38 Å². The number of hydrogen-bond acceptors (Lipinski definition) is 6. The molecule has 1 rings (SSSR count). The van der Waals surface area contributed by atoms with Crippen molar-refractivity contribution < 1.29 is 14.7 Å². The van der Waals surface area contributed by atoms with E-state index in [1.165, 1.54) is 30.0 Å². The minimum absolute atomic E-state index is 0.0380. The molecule has 19 heavy (non-hydrogen) atoms. The number of rotatable bonds is 7. The van der Waals surface area contributed by atoms with Crippen LogP contribution >= 0.6 is 23.1 Å². The molecule has 1 heterocycles. The van der Waals surface area contributed by atoms with Gasteiger partial charge in [-0.3, -0.25) is 14.5 Å². The Labute approximate surface area is 120 Å². The topological polar surface area (TPSA) is 96.5 Å². The molecule has 0 saturated carbocycles. The molecule has 0 aliphatic heterocycles. The summed E-state index contributed by atoms with van der Waals surface area (Å²) in [5.74, 6) is -0.108. The number of nitrogens with zero attached hydrogens (tertiary/aromatic N) is 2. The summed E-state index contributed by atoms with van der Waals surface area (Å²) in [4.78, 5) is 27.9. The zero-order chi connectivity index (χ0) is 14.4. The first-order chi connectivity index (χ1) is 8.95. The number of aromatic nitrogens is 1. The van der Waals surface area contributed by atoms with Gasteiger partial charge in [0.05, 0.1) is 5.69 Å². The summed E-state index contributed by atoms with van der Waals surface area (Å²) in [6.07, 6.45) is 0. The van der Waals surface area contributed by atoms with Gasteiger partial charge in [0.2, 0.25) is 5.91 Å². The highest BCUT2D eigenvalue weighted by Crippen LogP contribution is 2.23. The maximum absolute atomic E-state index is 11.4. The number of carboxylic acid groups (broad SMARTS) is 1. The van der Waals surface area contributed by atoms with Crippen molar-refractivity contribution in [1.82, 2.24) is 4.98 Å². The molecule has 0 aromatic carbocycles. The Hall–Kier alpha value is -1.12. The Balaban J connectivity index is 2.51. The van der Waals surface area contributed by atoms with E-state index in [0.717, 1.165) is 5.69 Å². The fourth-order valence-corrected chi connectivity index (χ4v) is 3.25. The number of nitrogens with two attached hydrogens (primary N) is 1. The number of hydrogen-bond donors (Lipinski definition) is 2. The summed E-state index contributed by atoms with van der Waals surface area (Å²) >= 11 is 2.83. The van der Waals surface area contributed by atoms with Gasteiger partial charge in [-0.25, -0.2) is 4.98 Å². The van der Waals surface area contributed by atoms with Gasteiger partial charge in [-0.2, -0.15) is 11.8 Å². The second-order valence-electron chi connectivity index (χ2n) is 3.84. The van der Waals surface area contributed by atoms with E-state index in [0.29, 0.717) is 23.2 Å². The lowest BCUT2D eigenvalue weighted by molar-refractivity contribution is -0.137. The summed E-state index contributed by atoms with van der Waals surface area (Å²) in [7, 11) is 0. The summed E-state index contributed by atoms with van der Waals surface area (Å²) in [6.45, 7) is 3.98. The van der Waals surface area contributed by atoms with E-state index in [1.807, 2.05) is 12.3 Å². The number of carbonyl (C=O) groups excluding carboxylic acids is 1. The molecule has 3 N–H and O–H groups in total. The Morgan fingerprint density at radius 3 is 2.84 bits per heavy atom. The van der Waals surface area contributed by atoms with Crippen LogP contribution in [0.5, 0.6) is 0 Å². The van der Waals surface area contributed by atoms with Gasteiger partial charge < -0.3 is 10.8 Å². The van der Waals surface area contributed by atoms with Crippen LogP contribution < -0.4 is 10.6 Å². The molecule has 8 heteroatoms. The first-order valence-electron chi connectivity index (χ1n) is 5.74. The highest BCUT2D eigenvalue weighted by molar-refractivity contribution is 7.98. The van der Waals surface area contributed by atoms with Gasteiger partial charge in [0.1, 0.15) is 6.04 Å². The standard InChI is InChI=1S/C11H17N3O3S2/c1-3-14(7(2)15)11-13-8(5-19-11)4-18-6-9(12)10(16)17/h5,9H,3-4,6,12H2,1-2H3,(H,16,17)/t9-/m0/s1. The largest absolute Gasteiger partial charge is 0.480 e. The summed E-state index contributed by atoms with van der Waals surface area (Å²) in [5.41, 5.74) is 6.24. The van der Waals surface area contributed by atoms with Gasteiger partial charge in [0.15, 0.2) is 5.13 Å². The van der Waals surface area contributed by atoms with Crippen LogP contribution in [0.4, 0.5) is 5.13 Å². The van der Waals surface area contributed by atoms with E-state index < -0.39 is 12.0 Å². The monoisotopic (exact) mass is 303 g/mol. The number of carbonyl (C=O) groups is 2. The van der Waals surface area contributed by atoms with E-state index in [1.54, 1.807) is 4.90 Å². The molecule has 1 aromatic heterocycles. The van der Waals surface area contributed by atoms with E-state index in [-0.39, 0.29) is 5.91 Å². The first-order valence-corrected chi connectivity index (χ1v) is 7.77. The molecular formula is C11H17N3O3S2. The lowest BCUT2D eigenvalue weighted by Gasteiger charge is -2.14. The maximum atomic E-state index is 11.4. The van der Waals surface area contributed by atoms with E-state index in [4.69, 9.17) is 10.8 Å². The number of anilines is 1. The van der Waals surface area contributed by atoms with Gasteiger partial charge in [-0.1, -0.05) is 0 Å². The minimum atomic E-state index is -1.000. The predicted octanol–water partition coefficient (Wildman–Crippen LogP) is 1.16. The molecular weight excluding hydrogens is 286 g/mol. The van der Waals surface area contributed by atoms with Crippen molar-refractivity contribution in [3.8, 4) is 0 Å². The number of aliphatic carboxylic acids is 1. The average Bonchev–Trinajstić information content (AvgIpc) is 2.77. The molecule has 0 radical (unpaired) electrons. The molecule has 0 fully saturated rings. The maximum Gasteiger partial charge on any atom is 0.321 e. The summed E-state index contributed by atoms with van der Waals surface area (Å²) < 4.78 is 0. The van der Waals surface area contributed by atoms with Crippen molar-refractivity contribution in [2.75, 3.05) is 17.2 Å². The van der Waals surface area contributed by atoms with Crippen LogP contribution in [0.25, 0.3) is 0 Å². The molecule has 0 spiro atoms. The number of thioether (sulfide) groups is 1. The molecule has 106 valence electrons. The third-order valence-electron chi connectivity index (χ3n) is 2.33. The van der Waals surface area contributed by atoms with Gasteiger partial charge in [-0.05, 0) is 6.92 Å². The highest BCUT2D eigenvalue weighted by atomic mass is 32.2. The summed E-state index contributed by atoms with van der Waals surface area (Å²) in [6, 6.07) is -0.854. The zero-order valence-corrected chi connectivity index (χ0v) is 12.5. The van der Waals surface area contributed by atoms with Crippen LogP contribution in [0.3, 0.4) is 0 Å². The predicted molar refractivity (Wildman–Crippen MR) is 77.6 cm³/mol. The fourth-order valence-electron chi connectivity index (χ4n) is 1.34.